The molecule has 162 valence electrons. The van der Waals surface area contributed by atoms with Gasteiger partial charge in [0.15, 0.2) is 0 Å². The van der Waals surface area contributed by atoms with Crippen molar-refractivity contribution in [3.05, 3.63) is 50.3 Å². The number of hydrogen-bond acceptors (Lipinski definition) is 5. The molecule has 0 saturated carbocycles. The second-order valence-electron chi connectivity index (χ2n) is 6.73. The normalized spacial score (nSPS) is 14.6. The van der Waals surface area contributed by atoms with Gasteiger partial charge in [-0.3, -0.25) is 4.79 Å². The molecule has 3 rings (SSSR count). The summed E-state index contributed by atoms with van der Waals surface area (Å²) in [5, 5.41) is 6.32. The van der Waals surface area contributed by atoms with Gasteiger partial charge in [-0.05, 0) is 62.4 Å². The number of anilines is 1. The highest BCUT2D eigenvalue weighted by molar-refractivity contribution is 9.10. The van der Waals surface area contributed by atoms with E-state index in [1.807, 2.05) is 0 Å². The third kappa shape index (κ3) is 5.62. The lowest BCUT2D eigenvalue weighted by Gasteiger charge is -2.27. The third-order valence-corrected chi connectivity index (χ3v) is 7.04. The SMILES string of the molecule is CCOC(=O)c1c(N[C@@H](NC(=O)c2ccc(Br)cc2)C(Cl)(Cl)Cl)sc2c1CCCC2. The van der Waals surface area contributed by atoms with E-state index in [9.17, 15) is 9.59 Å². The van der Waals surface area contributed by atoms with Crippen LogP contribution in [0.1, 0.15) is 50.9 Å². The van der Waals surface area contributed by atoms with Gasteiger partial charge in [0.2, 0.25) is 3.79 Å². The predicted molar refractivity (Wildman–Crippen MR) is 126 cm³/mol. The Hall–Kier alpha value is -0.990. The summed E-state index contributed by atoms with van der Waals surface area (Å²) in [5.74, 6) is -0.827. The van der Waals surface area contributed by atoms with Gasteiger partial charge in [0, 0.05) is 14.9 Å². The van der Waals surface area contributed by atoms with Crippen LogP contribution in [-0.4, -0.2) is 28.4 Å². The maximum Gasteiger partial charge on any atom is 0.341 e. The molecule has 1 aliphatic rings. The topological polar surface area (TPSA) is 67.4 Å². The molecule has 0 aliphatic heterocycles. The average Bonchev–Trinajstić information content (AvgIpc) is 3.05. The molecule has 0 saturated heterocycles. The van der Waals surface area contributed by atoms with Crippen molar-refractivity contribution in [2.45, 2.75) is 42.6 Å². The van der Waals surface area contributed by atoms with Crippen molar-refractivity contribution in [3.8, 4) is 0 Å². The molecule has 0 unspecified atom stereocenters. The number of thiophene rings is 1. The summed E-state index contributed by atoms with van der Waals surface area (Å²) < 4.78 is 4.24. The first-order valence-electron chi connectivity index (χ1n) is 9.42. The summed E-state index contributed by atoms with van der Waals surface area (Å²) in [6.07, 6.45) is 2.68. The van der Waals surface area contributed by atoms with E-state index >= 15 is 0 Å². The molecule has 1 aromatic carbocycles. The van der Waals surface area contributed by atoms with Crippen molar-refractivity contribution < 1.29 is 14.3 Å². The molecular formula is C20H20BrCl3N2O3S. The zero-order valence-electron chi connectivity index (χ0n) is 16.1. The van der Waals surface area contributed by atoms with Crippen LogP contribution in [0, 0.1) is 0 Å². The Balaban J connectivity index is 1.90. The number of aryl methyl sites for hydroxylation is 1. The Labute approximate surface area is 202 Å². The fraction of sp³-hybridized carbons (Fsp3) is 0.400. The minimum Gasteiger partial charge on any atom is -0.462 e. The van der Waals surface area contributed by atoms with Crippen LogP contribution in [0.2, 0.25) is 0 Å². The summed E-state index contributed by atoms with van der Waals surface area (Å²) in [6.45, 7) is 2.02. The van der Waals surface area contributed by atoms with Crippen molar-refractivity contribution in [1.82, 2.24) is 5.32 Å². The molecule has 10 heteroatoms. The second-order valence-corrected chi connectivity index (χ2v) is 11.1. The zero-order valence-corrected chi connectivity index (χ0v) is 20.7. The first-order valence-corrected chi connectivity index (χ1v) is 12.2. The van der Waals surface area contributed by atoms with Crippen LogP contribution in [0.4, 0.5) is 5.00 Å². The number of carbonyl (C=O) groups is 2. The van der Waals surface area contributed by atoms with Crippen LogP contribution >= 0.6 is 62.1 Å². The molecule has 1 aliphatic carbocycles. The number of nitrogens with one attached hydrogen (secondary N) is 2. The van der Waals surface area contributed by atoms with E-state index in [1.54, 1.807) is 31.2 Å². The predicted octanol–water partition coefficient (Wildman–Crippen LogP) is 6.10. The molecule has 1 heterocycles. The van der Waals surface area contributed by atoms with Gasteiger partial charge in [0.1, 0.15) is 11.2 Å². The van der Waals surface area contributed by atoms with Crippen molar-refractivity contribution in [2.75, 3.05) is 11.9 Å². The van der Waals surface area contributed by atoms with E-state index in [-0.39, 0.29) is 6.61 Å². The summed E-state index contributed by atoms with van der Waals surface area (Å²) in [7, 11) is 0. The smallest absolute Gasteiger partial charge is 0.341 e. The number of alkyl halides is 3. The molecule has 1 amide bonds. The van der Waals surface area contributed by atoms with Crippen LogP contribution in [0.5, 0.6) is 0 Å². The van der Waals surface area contributed by atoms with Crippen molar-refractivity contribution in [1.29, 1.82) is 0 Å². The van der Waals surface area contributed by atoms with Gasteiger partial charge in [-0.25, -0.2) is 4.79 Å². The van der Waals surface area contributed by atoms with Gasteiger partial charge in [-0.2, -0.15) is 0 Å². The summed E-state index contributed by atoms with van der Waals surface area (Å²) in [5.41, 5.74) is 1.86. The fourth-order valence-corrected chi connectivity index (χ4v) is 5.13. The highest BCUT2D eigenvalue weighted by atomic mass is 79.9. The third-order valence-electron chi connectivity index (χ3n) is 4.64. The lowest BCUT2D eigenvalue weighted by Crippen LogP contribution is -2.49. The molecule has 0 bridgehead atoms. The quantitative estimate of drug-likeness (QED) is 0.257. The lowest BCUT2D eigenvalue weighted by molar-refractivity contribution is 0.0526. The van der Waals surface area contributed by atoms with Gasteiger partial charge in [-0.15, -0.1) is 11.3 Å². The number of fused-ring (bicyclic) bond motifs is 1. The number of ether oxygens (including phenoxy) is 1. The van der Waals surface area contributed by atoms with Crippen molar-refractivity contribution >= 4 is 78.9 Å². The van der Waals surface area contributed by atoms with Crippen LogP contribution in [0.25, 0.3) is 0 Å². The summed E-state index contributed by atoms with van der Waals surface area (Å²) in [6, 6.07) is 6.81. The molecule has 0 spiro atoms. The van der Waals surface area contributed by atoms with E-state index < -0.39 is 21.8 Å². The first-order chi connectivity index (χ1) is 14.2. The number of esters is 1. The molecule has 0 radical (unpaired) electrons. The number of hydrogen-bond donors (Lipinski definition) is 2. The number of benzene rings is 1. The van der Waals surface area contributed by atoms with Gasteiger partial charge in [0.25, 0.3) is 5.91 Å². The minimum atomic E-state index is -1.86. The highest BCUT2D eigenvalue weighted by Gasteiger charge is 2.37. The molecule has 5 nitrogen and oxygen atoms in total. The van der Waals surface area contributed by atoms with Gasteiger partial charge >= 0.3 is 5.97 Å². The lowest BCUT2D eigenvalue weighted by atomic mass is 9.95. The number of amides is 1. The number of rotatable bonds is 6. The standard InChI is InChI=1S/C20H20BrCl3N2O3S/c1-2-29-18(28)15-13-5-3-4-6-14(13)30-17(15)26-19(20(22,23)24)25-16(27)11-7-9-12(21)10-8-11/h7-10,19,26H,2-6H2,1H3,(H,25,27)/t19-/m1/s1. The van der Waals surface area contributed by atoms with Crippen LogP contribution in [-0.2, 0) is 17.6 Å². The molecular weight excluding hydrogens is 535 g/mol. The molecule has 30 heavy (non-hydrogen) atoms. The molecule has 0 fully saturated rings. The van der Waals surface area contributed by atoms with Crippen LogP contribution < -0.4 is 10.6 Å². The highest BCUT2D eigenvalue weighted by Crippen LogP contribution is 2.41. The van der Waals surface area contributed by atoms with E-state index in [0.29, 0.717) is 16.1 Å². The summed E-state index contributed by atoms with van der Waals surface area (Å²) >= 11 is 23.3. The first kappa shape index (κ1) is 23.7. The van der Waals surface area contributed by atoms with E-state index in [1.165, 1.54) is 11.3 Å². The molecule has 1 aromatic heterocycles. The monoisotopic (exact) mass is 552 g/mol. The van der Waals surface area contributed by atoms with E-state index in [4.69, 9.17) is 39.5 Å². The number of halogens is 4. The van der Waals surface area contributed by atoms with Crippen LogP contribution in [0.15, 0.2) is 28.7 Å². The Kier molecular flexibility index (Phi) is 7.96. The molecule has 1 atom stereocenters. The zero-order chi connectivity index (χ0) is 21.9. The maximum atomic E-state index is 12.7. The summed E-state index contributed by atoms with van der Waals surface area (Å²) in [4.78, 5) is 26.5. The Morgan fingerprint density at radius 2 is 1.87 bits per heavy atom. The van der Waals surface area contributed by atoms with E-state index in [0.717, 1.165) is 40.6 Å². The van der Waals surface area contributed by atoms with Crippen molar-refractivity contribution in [3.63, 3.8) is 0 Å². The van der Waals surface area contributed by atoms with Gasteiger partial charge < -0.3 is 15.4 Å². The minimum absolute atomic E-state index is 0.261. The largest absolute Gasteiger partial charge is 0.462 e. The Morgan fingerprint density at radius 3 is 2.50 bits per heavy atom. The van der Waals surface area contributed by atoms with Gasteiger partial charge in [-0.1, -0.05) is 50.7 Å². The molecule has 2 aromatic rings. The fourth-order valence-electron chi connectivity index (χ4n) is 3.23. The van der Waals surface area contributed by atoms with Gasteiger partial charge in [0.05, 0.1) is 12.2 Å². The average molecular weight is 555 g/mol. The number of carbonyl (C=O) groups excluding carboxylic acids is 2. The second kappa shape index (κ2) is 10.1. The van der Waals surface area contributed by atoms with E-state index in [2.05, 4.69) is 26.6 Å². The van der Waals surface area contributed by atoms with Crippen molar-refractivity contribution in [2.24, 2.45) is 0 Å². The Bertz CT molecular complexity index is 929. The molecule has 2 N–H and O–H groups in total. The Morgan fingerprint density at radius 1 is 1.20 bits per heavy atom. The van der Waals surface area contributed by atoms with Crippen LogP contribution in [0.3, 0.4) is 0 Å². The maximum absolute atomic E-state index is 12.7.